The van der Waals surface area contributed by atoms with Crippen LogP contribution in [0.5, 0.6) is 0 Å². The third kappa shape index (κ3) is 4.09. The Morgan fingerprint density at radius 1 is 1.47 bits per heavy atom. The van der Waals surface area contributed by atoms with E-state index < -0.39 is 0 Å². The minimum atomic E-state index is -0.308. The Labute approximate surface area is 92.8 Å². The van der Waals surface area contributed by atoms with E-state index in [4.69, 9.17) is 9.47 Å². The molecule has 1 aliphatic rings. The largest absolute Gasteiger partial charge is 0.390 e. The fourth-order valence-electron chi connectivity index (χ4n) is 2.22. The van der Waals surface area contributed by atoms with E-state index in [0.717, 1.165) is 19.3 Å². The molecule has 3 heteroatoms. The lowest BCUT2D eigenvalue weighted by Gasteiger charge is -2.39. The van der Waals surface area contributed by atoms with Crippen LogP contribution in [0.3, 0.4) is 0 Å². The van der Waals surface area contributed by atoms with E-state index in [1.165, 1.54) is 0 Å². The second-order valence-electron chi connectivity index (χ2n) is 5.41. The number of hydrogen-bond donors (Lipinski definition) is 1. The highest BCUT2D eigenvalue weighted by atomic mass is 16.5. The molecule has 15 heavy (non-hydrogen) atoms. The van der Waals surface area contributed by atoms with E-state index in [-0.39, 0.29) is 23.7 Å². The number of hydrogen-bond acceptors (Lipinski definition) is 3. The van der Waals surface area contributed by atoms with Gasteiger partial charge in [0.2, 0.25) is 0 Å². The summed E-state index contributed by atoms with van der Waals surface area (Å²) in [4.78, 5) is 0. The van der Waals surface area contributed by atoms with Gasteiger partial charge in [-0.2, -0.15) is 0 Å². The van der Waals surface area contributed by atoms with Crippen molar-refractivity contribution < 1.29 is 14.6 Å². The predicted molar refractivity (Wildman–Crippen MR) is 59.8 cm³/mol. The van der Waals surface area contributed by atoms with Crippen LogP contribution >= 0.6 is 0 Å². The summed E-state index contributed by atoms with van der Waals surface area (Å²) in [6, 6.07) is 0. The van der Waals surface area contributed by atoms with Gasteiger partial charge in [0.25, 0.3) is 0 Å². The maximum atomic E-state index is 9.85. The number of ether oxygens (including phenoxy) is 2. The first-order chi connectivity index (χ1) is 6.94. The fraction of sp³-hybridized carbons (Fsp3) is 1.00. The molecule has 0 heterocycles. The normalized spacial score (nSPS) is 32.6. The quantitative estimate of drug-likeness (QED) is 0.781. The maximum absolute atomic E-state index is 9.85. The van der Waals surface area contributed by atoms with E-state index in [1.807, 2.05) is 6.92 Å². The molecule has 0 amide bonds. The van der Waals surface area contributed by atoms with Crippen LogP contribution in [0.1, 0.15) is 40.0 Å². The third-order valence-corrected chi connectivity index (χ3v) is 3.11. The summed E-state index contributed by atoms with van der Waals surface area (Å²) in [5, 5.41) is 9.85. The topological polar surface area (TPSA) is 38.7 Å². The third-order valence-electron chi connectivity index (χ3n) is 3.11. The van der Waals surface area contributed by atoms with Crippen molar-refractivity contribution in [2.24, 2.45) is 5.41 Å². The van der Waals surface area contributed by atoms with Gasteiger partial charge in [0.1, 0.15) is 0 Å². The lowest BCUT2D eigenvalue weighted by molar-refractivity contribution is -0.123. The lowest BCUT2D eigenvalue weighted by Crippen LogP contribution is -2.41. The van der Waals surface area contributed by atoms with Gasteiger partial charge >= 0.3 is 0 Å². The number of rotatable bonds is 4. The van der Waals surface area contributed by atoms with Gasteiger partial charge in [-0.1, -0.05) is 13.8 Å². The van der Waals surface area contributed by atoms with Crippen LogP contribution in [-0.2, 0) is 9.47 Å². The molecule has 0 radical (unpaired) electrons. The Morgan fingerprint density at radius 2 is 2.13 bits per heavy atom. The SMILES string of the molecule is COCC(C)OC1CC(C)(C)CCC1O. The van der Waals surface area contributed by atoms with E-state index in [1.54, 1.807) is 7.11 Å². The van der Waals surface area contributed by atoms with E-state index >= 15 is 0 Å². The fourth-order valence-corrected chi connectivity index (χ4v) is 2.22. The zero-order valence-electron chi connectivity index (χ0n) is 10.3. The average molecular weight is 216 g/mol. The van der Waals surface area contributed by atoms with Crippen LogP contribution < -0.4 is 0 Å². The second-order valence-corrected chi connectivity index (χ2v) is 5.41. The van der Waals surface area contributed by atoms with E-state index in [2.05, 4.69) is 13.8 Å². The summed E-state index contributed by atoms with van der Waals surface area (Å²) in [5.41, 5.74) is 0.288. The first-order valence-corrected chi connectivity index (χ1v) is 5.77. The Kier molecular flexibility index (Phi) is 4.56. The van der Waals surface area contributed by atoms with E-state index in [0.29, 0.717) is 6.61 Å². The number of methoxy groups -OCH3 is 1. The first kappa shape index (κ1) is 12.9. The highest BCUT2D eigenvalue weighted by molar-refractivity contribution is 4.86. The predicted octanol–water partition coefficient (Wildman–Crippen LogP) is 1.98. The molecule has 0 bridgehead atoms. The van der Waals surface area contributed by atoms with Crippen LogP contribution in [-0.4, -0.2) is 37.1 Å². The Balaban J connectivity index is 2.44. The molecule has 1 fully saturated rings. The van der Waals surface area contributed by atoms with Gasteiger partial charge in [0.05, 0.1) is 24.9 Å². The van der Waals surface area contributed by atoms with Crippen molar-refractivity contribution in [1.29, 1.82) is 0 Å². The van der Waals surface area contributed by atoms with Gasteiger partial charge in [-0.15, -0.1) is 0 Å². The molecule has 0 spiro atoms. The molecule has 1 saturated carbocycles. The molecule has 0 aromatic carbocycles. The summed E-state index contributed by atoms with van der Waals surface area (Å²) < 4.78 is 10.8. The van der Waals surface area contributed by atoms with Crippen molar-refractivity contribution in [3.63, 3.8) is 0 Å². The van der Waals surface area contributed by atoms with Gasteiger partial charge in [-0.25, -0.2) is 0 Å². The molecule has 1 N–H and O–H groups in total. The van der Waals surface area contributed by atoms with Gasteiger partial charge in [-0.3, -0.25) is 0 Å². The molecule has 3 atom stereocenters. The molecule has 90 valence electrons. The van der Waals surface area contributed by atoms with Gasteiger partial charge in [-0.05, 0) is 31.6 Å². The van der Waals surface area contributed by atoms with Crippen LogP contribution in [0.2, 0.25) is 0 Å². The molecule has 0 aromatic heterocycles. The molecule has 0 aliphatic heterocycles. The molecule has 1 rings (SSSR count). The maximum Gasteiger partial charge on any atom is 0.0843 e. The monoisotopic (exact) mass is 216 g/mol. The summed E-state index contributed by atoms with van der Waals surface area (Å²) in [7, 11) is 1.67. The van der Waals surface area contributed by atoms with Crippen molar-refractivity contribution in [2.45, 2.75) is 58.3 Å². The number of aliphatic hydroxyl groups excluding tert-OH is 1. The molecule has 0 aromatic rings. The van der Waals surface area contributed by atoms with Crippen molar-refractivity contribution in [3.05, 3.63) is 0 Å². The molecule has 3 unspecified atom stereocenters. The zero-order chi connectivity index (χ0) is 11.5. The van der Waals surface area contributed by atoms with Gasteiger partial charge in [0.15, 0.2) is 0 Å². The molecular formula is C12H24O3. The minimum Gasteiger partial charge on any atom is -0.390 e. The molecular weight excluding hydrogens is 192 g/mol. The molecule has 1 aliphatic carbocycles. The highest BCUT2D eigenvalue weighted by Crippen LogP contribution is 2.37. The van der Waals surface area contributed by atoms with Gasteiger partial charge < -0.3 is 14.6 Å². The second kappa shape index (κ2) is 5.28. The Morgan fingerprint density at radius 3 is 2.73 bits per heavy atom. The van der Waals surface area contributed by atoms with Crippen LogP contribution in [0.25, 0.3) is 0 Å². The number of aliphatic hydroxyl groups is 1. The standard InChI is InChI=1S/C12H24O3/c1-9(8-14-4)15-11-7-12(2,3)6-5-10(11)13/h9-11,13H,5-8H2,1-4H3. The Hall–Kier alpha value is -0.120. The Bertz CT molecular complexity index is 191. The lowest BCUT2D eigenvalue weighted by atomic mass is 9.75. The summed E-state index contributed by atoms with van der Waals surface area (Å²) >= 11 is 0. The highest BCUT2D eigenvalue weighted by Gasteiger charge is 2.35. The summed E-state index contributed by atoms with van der Waals surface area (Å²) in [6.07, 6.45) is 2.58. The van der Waals surface area contributed by atoms with Crippen molar-refractivity contribution in [3.8, 4) is 0 Å². The van der Waals surface area contributed by atoms with E-state index in [9.17, 15) is 5.11 Å². The van der Waals surface area contributed by atoms with Crippen molar-refractivity contribution in [1.82, 2.24) is 0 Å². The minimum absolute atomic E-state index is 0.0288. The van der Waals surface area contributed by atoms with Crippen LogP contribution in [0, 0.1) is 5.41 Å². The molecule has 0 saturated heterocycles. The zero-order valence-corrected chi connectivity index (χ0v) is 10.3. The van der Waals surface area contributed by atoms with Crippen LogP contribution in [0.4, 0.5) is 0 Å². The van der Waals surface area contributed by atoms with Crippen molar-refractivity contribution >= 4 is 0 Å². The first-order valence-electron chi connectivity index (χ1n) is 5.77. The summed E-state index contributed by atoms with van der Waals surface area (Å²) in [5.74, 6) is 0. The molecule has 3 nitrogen and oxygen atoms in total. The summed E-state index contributed by atoms with van der Waals surface area (Å²) in [6.45, 7) is 7.04. The average Bonchev–Trinajstić information content (AvgIpc) is 2.11. The smallest absolute Gasteiger partial charge is 0.0843 e. The van der Waals surface area contributed by atoms with Crippen LogP contribution in [0.15, 0.2) is 0 Å². The van der Waals surface area contributed by atoms with Gasteiger partial charge in [0, 0.05) is 7.11 Å². The van der Waals surface area contributed by atoms with Crippen molar-refractivity contribution in [2.75, 3.05) is 13.7 Å².